The molecule has 0 saturated heterocycles. The van der Waals surface area contributed by atoms with Crippen molar-refractivity contribution >= 4 is 64.6 Å². The van der Waals surface area contributed by atoms with Crippen molar-refractivity contribution in [3.63, 3.8) is 0 Å². The average Bonchev–Trinajstić information content (AvgIpc) is 0.821. The number of hydrogen-bond acceptors (Lipinski definition) is 6. The van der Waals surface area contributed by atoms with E-state index < -0.39 is 0 Å². The summed E-state index contributed by atoms with van der Waals surface area (Å²) >= 11 is 0. The Morgan fingerprint density at radius 3 is 0.674 bits per heavy atom. The summed E-state index contributed by atoms with van der Waals surface area (Å²) in [7, 11) is 0. The van der Waals surface area contributed by atoms with Gasteiger partial charge >= 0.3 is 0 Å². The molecular weight excluding hydrogens is 1710 g/mol. The Morgan fingerprint density at radius 2 is 0.433 bits per heavy atom. The lowest BCUT2D eigenvalue weighted by Gasteiger charge is -2.35. The van der Waals surface area contributed by atoms with Crippen molar-refractivity contribution in [3.05, 3.63) is 391 Å². The summed E-state index contributed by atoms with van der Waals surface area (Å²) in [5, 5.41) is 15.9. The van der Waals surface area contributed by atoms with E-state index in [0.717, 1.165) is 59.8 Å². The summed E-state index contributed by atoms with van der Waals surface area (Å²) in [5.41, 5.74) is 44.4. The zero-order valence-corrected chi connectivity index (χ0v) is 89.3. The molecule has 24 rings (SSSR count). The lowest BCUT2D eigenvalue weighted by molar-refractivity contribution is 0.410. The molecule has 0 saturated carbocycles. The van der Waals surface area contributed by atoms with E-state index >= 15 is 0 Å². The lowest BCUT2D eigenvalue weighted by Crippen LogP contribution is -2.24. The Kier molecular flexibility index (Phi) is 24.7. The predicted molar refractivity (Wildman–Crippen MR) is 602 cm³/mol. The molecule has 0 aliphatic heterocycles. The third-order valence-corrected chi connectivity index (χ3v) is 31.5. The molecule has 6 aromatic heterocycles. The van der Waals surface area contributed by atoms with Crippen LogP contribution in [0.25, 0.3) is 132 Å². The van der Waals surface area contributed by atoms with E-state index in [-0.39, 0.29) is 43.3 Å². The number of rotatable bonds is 8. The Hall–Kier alpha value is -12.9. The van der Waals surface area contributed by atoms with Crippen molar-refractivity contribution in [2.24, 2.45) is 22.7 Å². The van der Waals surface area contributed by atoms with Gasteiger partial charge in [-0.05, 0) is 268 Å². The number of aromatic nitrogens is 6. The first kappa shape index (κ1) is 96.9. The van der Waals surface area contributed by atoms with Crippen molar-refractivity contribution in [1.29, 1.82) is 0 Å². The molecule has 0 amide bonds. The van der Waals surface area contributed by atoms with Crippen LogP contribution in [-0.2, 0) is 58.2 Å². The van der Waals surface area contributed by atoms with E-state index in [9.17, 15) is 0 Å². The number of pyridine rings is 6. The molecule has 0 fully saturated rings. The summed E-state index contributed by atoms with van der Waals surface area (Å²) in [6.45, 7) is 66.7. The second-order valence-electron chi connectivity index (χ2n) is 48.8. The van der Waals surface area contributed by atoms with Crippen molar-refractivity contribution < 1.29 is 0 Å². The van der Waals surface area contributed by atoms with Gasteiger partial charge in [0.05, 0.1) is 34.2 Å². The molecule has 0 bridgehead atoms. The molecule has 0 N–H and O–H groups in total. The van der Waals surface area contributed by atoms with Gasteiger partial charge in [0.25, 0.3) is 0 Å². The van der Waals surface area contributed by atoms with Gasteiger partial charge in [-0.1, -0.05) is 379 Å². The van der Waals surface area contributed by atoms with Crippen LogP contribution >= 0.6 is 0 Å². The van der Waals surface area contributed by atoms with Crippen LogP contribution in [0.15, 0.2) is 274 Å². The van der Waals surface area contributed by atoms with E-state index in [4.69, 9.17) is 29.9 Å². The van der Waals surface area contributed by atoms with Crippen molar-refractivity contribution in [1.82, 2.24) is 29.9 Å². The molecule has 6 aliphatic rings. The predicted octanol–water partition coefficient (Wildman–Crippen LogP) is 36.0. The van der Waals surface area contributed by atoms with Gasteiger partial charge in [-0.25, -0.2) is 0 Å². The minimum Gasteiger partial charge on any atom is -0.256 e. The third-order valence-electron chi connectivity index (χ3n) is 31.5. The molecule has 0 atom stereocenters. The monoisotopic (exact) mass is 1850 g/mol. The van der Waals surface area contributed by atoms with E-state index in [1.807, 2.05) is 37.2 Å². The quantitative estimate of drug-likeness (QED) is 0.151. The summed E-state index contributed by atoms with van der Waals surface area (Å²) in [6, 6.07) is 88.2. The first-order chi connectivity index (χ1) is 66.7. The normalized spacial score (nSPS) is 15.1. The number of fused-ring (bicyclic) bond motifs is 12. The minimum atomic E-state index is -0.00872. The molecule has 0 unspecified atom stereocenters. The summed E-state index contributed by atoms with van der Waals surface area (Å²) in [4.78, 5) is 28.5. The van der Waals surface area contributed by atoms with Gasteiger partial charge in [-0.15, -0.1) is 0 Å². The Bertz CT molecular complexity index is 8030. The molecule has 714 valence electrons. The number of benzene rings is 12. The highest BCUT2D eigenvalue weighted by Crippen LogP contribution is 2.57. The van der Waals surface area contributed by atoms with Gasteiger partial charge in [0.15, 0.2) is 0 Å². The molecule has 6 heteroatoms. The second kappa shape index (κ2) is 36.0. The van der Waals surface area contributed by atoms with Crippen LogP contribution in [-0.4, -0.2) is 29.9 Å². The van der Waals surface area contributed by atoms with Crippen LogP contribution in [0, 0.1) is 43.4 Å². The van der Waals surface area contributed by atoms with Crippen LogP contribution in [0.2, 0.25) is 0 Å². The van der Waals surface area contributed by atoms with Gasteiger partial charge in [-0.3, -0.25) is 29.9 Å². The van der Waals surface area contributed by atoms with Gasteiger partial charge in [0.1, 0.15) is 0 Å². The average molecular weight is 1850 g/mol. The second-order valence-corrected chi connectivity index (χ2v) is 48.8. The molecule has 0 radical (unpaired) electrons. The van der Waals surface area contributed by atoms with Crippen LogP contribution in [0.1, 0.15) is 309 Å². The topological polar surface area (TPSA) is 77.3 Å². The van der Waals surface area contributed by atoms with E-state index in [1.165, 1.54) is 215 Å². The summed E-state index contributed by atoms with van der Waals surface area (Å²) in [6.07, 6.45) is 16.2. The van der Waals surface area contributed by atoms with Gasteiger partial charge in [-0.2, -0.15) is 0 Å². The molecule has 0 spiro atoms. The zero-order valence-electron chi connectivity index (χ0n) is 89.3. The largest absolute Gasteiger partial charge is 0.256 e. The number of hydrogen-bond donors (Lipinski definition) is 0. The number of nitrogens with zero attached hydrogens (tertiary/aromatic N) is 6. The summed E-state index contributed by atoms with van der Waals surface area (Å²) in [5.74, 6) is 2.39. The van der Waals surface area contributed by atoms with Gasteiger partial charge in [0, 0.05) is 135 Å². The van der Waals surface area contributed by atoms with Crippen LogP contribution in [0.5, 0.6) is 0 Å². The zero-order chi connectivity index (χ0) is 100. The van der Waals surface area contributed by atoms with E-state index in [1.54, 1.807) is 0 Å². The van der Waals surface area contributed by atoms with E-state index in [2.05, 4.69) is 437 Å². The molecule has 141 heavy (non-hydrogen) atoms. The molecular formula is C135H144N6. The fourth-order valence-electron chi connectivity index (χ4n) is 24.4. The van der Waals surface area contributed by atoms with Crippen molar-refractivity contribution in [3.8, 4) is 67.5 Å². The highest BCUT2D eigenvalue weighted by Gasteiger charge is 2.42. The first-order valence-electron chi connectivity index (χ1n) is 51.9. The van der Waals surface area contributed by atoms with Crippen LogP contribution < -0.4 is 0 Å². The SMILES string of the molecule is CC(C)(C)Cc1cc2c3c(nccc3c1)-c1ccccc1C2(C)C.CC(C)Cc1cc2c3c(nccc3c1)-c1ccccc1C2(C)C.CC(C)c1cc2c3c(nccc3c1)-c1ccccc1C2(C)C.Cc1ccc2c(c1)-c1nccc3cc(C(C)C)cc(c13)C2(C)C.Cc1ccc2c(c1)-c1nccc3cc(CC(C)(C)C)cc(c13)C2(C)C.Cc1ccc2c(c1)-c1nccc3cc(CC(C)C)cc(c13)C2(C)C. The highest BCUT2D eigenvalue weighted by molar-refractivity contribution is 6.08. The molecule has 12 aromatic carbocycles. The summed E-state index contributed by atoms with van der Waals surface area (Å²) < 4.78 is 0. The first-order valence-corrected chi connectivity index (χ1v) is 51.9. The van der Waals surface area contributed by atoms with Crippen molar-refractivity contribution in [2.75, 3.05) is 0 Å². The molecule has 6 heterocycles. The highest BCUT2D eigenvalue weighted by atomic mass is 14.7. The standard InChI is InChI=1S/C24H27N.2C23H25N.2C22H23N.C21H21N/c1-15-7-8-19-18(11-15)22-21-17(9-10-25-22)12-16(14-23(2,3)4)13-20(21)24(19,5)6;1-14(2)10-16-12-17-8-9-24-22-18-11-15(3)6-7-19(18)23(4,5)20(13-16)21(17)22;1-22(2,3)14-15-12-16-10-11-24-21-17-8-6-7-9-18(17)23(4,5)19(13-15)20(16)21;1-13(2)16-11-15-8-9-23-21-17-10-14(3)6-7-18(17)22(4,5)19(12-16)20(15)21;1-14(2)11-15-12-16-9-10-23-21-17-7-5-6-8-18(17)22(3,4)19(13-15)20(16)21;1-13(2)15-11-14-9-10-22-20-16-7-5-6-8-17(16)21(3,4)18(12-15)19(14)20/h7-13H,14H2,1-6H3;6-9,11-14H,10H2,1-5H3;6-13H,14H2,1-5H3;6-13H,1-5H3;5-10,12-14H,11H2,1-4H3;5-13H,1-4H3. The fourth-order valence-corrected chi connectivity index (χ4v) is 24.4. The Labute approximate surface area is 840 Å². The third kappa shape index (κ3) is 17.5. The van der Waals surface area contributed by atoms with E-state index in [0.29, 0.717) is 23.7 Å². The molecule has 6 aliphatic carbocycles. The van der Waals surface area contributed by atoms with Crippen LogP contribution in [0.4, 0.5) is 0 Å². The Balaban J connectivity index is 0.000000108. The minimum absolute atomic E-state index is 0.00122. The smallest absolute Gasteiger partial charge is 0.0786 e. The molecule has 6 nitrogen and oxygen atoms in total. The molecule has 18 aromatic rings. The number of aryl methyl sites for hydroxylation is 3. The maximum Gasteiger partial charge on any atom is 0.0786 e. The maximum atomic E-state index is 4.79. The van der Waals surface area contributed by atoms with Crippen LogP contribution in [0.3, 0.4) is 0 Å². The lowest BCUT2D eigenvalue weighted by atomic mass is 9.68. The van der Waals surface area contributed by atoms with Crippen molar-refractivity contribution in [2.45, 2.75) is 271 Å². The van der Waals surface area contributed by atoms with Gasteiger partial charge < -0.3 is 0 Å². The maximum absolute atomic E-state index is 4.79. The Morgan fingerprint density at radius 1 is 0.220 bits per heavy atom. The fraction of sp³-hybridized carbons (Fsp3) is 0.333. The van der Waals surface area contributed by atoms with Gasteiger partial charge in [0.2, 0.25) is 0 Å².